The zero-order valence-corrected chi connectivity index (χ0v) is 15.0. The highest BCUT2D eigenvalue weighted by Gasteiger charge is 2.33. The molecular formula is C16H28N6O2. The molecule has 2 N–H and O–H groups in total. The molecule has 0 unspecified atom stereocenters. The second-order valence-electron chi connectivity index (χ2n) is 6.83. The number of rotatable bonds is 8. The van der Waals surface area contributed by atoms with Crippen molar-refractivity contribution >= 4 is 17.5 Å². The first kappa shape index (κ1) is 18.4. The number of likely N-dealkylation sites (N-methyl/N-ethyl adjacent to an activating group) is 2. The average molecular weight is 336 g/mol. The first-order valence-electron chi connectivity index (χ1n) is 8.29. The van der Waals surface area contributed by atoms with Crippen LogP contribution in [0.3, 0.4) is 0 Å². The number of aromatic nitrogens is 2. The van der Waals surface area contributed by atoms with Crippen molar-refractivity contribution in [2.45, 2.75) is 25.4 Å². The Bertz CT molecular complexity index is 563. The van der Waals surface area contributed by atoms with Crippen LogP contribution in [-0.2, 0) is 16.1 Å². The van der Waals surface area contributed by atoms with E-state index < -0.39 is 11.8 Å². The molecule has 0 radical (unpaired) electrons. The van der Waals surface area contributed by atoms with Gasteiger partial charge in [-0.25, -0.2) is 0 Å². The fourth-order valence-electron chi connectivity index (χ4n) is 2.57. The third-order valence-electron chi connectivity index (χ3n) is 4.17. The van der Waals surface area contributed by atoms with Crippen molar-refractivity contribution in [1.82, 2.24) is 24.9 Å². The monoisotopic (exact) mass is 336 g/mol. The molecule has 1 heterocycles. The third-order valence-corrected chi connectivity index (χ3v) is 4.17. The molecule has 24 heavy (non-hydrogen) atoms. The molecule has 0 saturated heterocycles. The van der Waals surface area contributed by atoms with Gasteiger partial charge < -0.3 is 20.4 Å². The van der Waals surface area contributed by atoms with Gasteiger partial charge in [0.05, 0.1) is 18.4 Å². The van der Waals surface area contributed by atoms with Crippen LogP contribution in [-0.4, -0.2) is 78.7 Å². The van der Waals surface area contributed by atoms with Gasteiger partial charge in [-0.1, -0.05) is 0 Å². The minimum atomic E-state index is -0.657. The van der Waals surface area contributed by atoms with Crippen LogP contribution >= 0.6 is 0 Å². The lowest BCUT2D eigenvalue weighted by atomic mass is 10.1. The molecule has 134 valence electrons. The zero-order valence-electron chi connectivity index (χ0n) is 15.0. The van der Waals surface area contributed by atoms with E-state index in [4.69, 9.17) is 0 Å². The van der Waals surface area contributed by atoms with E-state index in [1.807, 2.05) is 28.2 Å². The Hall–Kier alpha value is -1.93. The summed E-state index contributed by atoms with van der Waals surface area (Å²) in [7, 11) is 7.97. The lowest BCUT2D eigenvalue weighted by molar-refractivity contribution is -0.136. The van der Waals surface area contributed by atoms with Gasteiger partial charge in [0.15, 0.2) is 0 Å². The molecule has 1 saturated carbocycles. The van der Waals surface area contributed by atoms with E-state index in [1.54, 1.807) is 17.1 Å². The van der Waals surface area contributed by atoms with E-state index in [-0.39, 0.29) is 6.04 Å². The van der Waals surface area contributed by atoms with Crippen LogP contribution in [0, 0.1) is 5.92 Å². The highest BCUT2D eigenvalue weighted by Crippen LogP contribution is 2.34. The summed E-state index contributed by atoms with van der Waals surface area (Å²) < 4.78 is 1.74. The van der Waals surface area contributed by atoms with Crippen LogP contribution in [0.5, 0.6) is 0 Å². The molecule has 0 aliphatic heterocycles. The maximum Gasteiger partial charge on any atom is 0.313 e. The maximum atomic E-state index is 12.0. The minimum absolute atomic E-state index is 0.288. The zero-order chi connectivity index (χ0) is 17.7. The number of nitrogens with zero attached hydrogens (tertiary/aromatic N) is 4. The summed E-state index contributed by atoms with van der Waals surface area (Å²) in [6, 6.07) is 0.288. The van der Waals surface area contributed by atoms with Crippen molar-refractivity contribution in [3.8, 4) is 0 Å². The van der Waals surface area contributed by atoms with Crippen LogP contribution in [0.2, 0.25) is 0 Å². The van der Waals surface area contributed by atoms with E-state index in [2.05, 4.69) is 25.5 Å². The summed E-state index contributed by atoms with van der Waals surface area (Å²) in [6.45, 7) is 2.07. The molecule has 0 aromatic carbocycles. The first-order valence-corrected chi connectivity index (χ1v) is 8.29. The van der Waals surface area contributed by atoms with E-state index in [0.29, 0.717) is 18.2 Å². The van der Waals surface area contributed by atoms with E-state index in [0.717, 1.165) is 13.1 Å². The van der Waals surface area contributed by atoms with Gasteiger partial charge in [-0.15, -0.1) is 0 Å². The van der Waals surface area contributed by atoms with E-state index in [9.17, 15) is 9.59 Å². The molecule has 1 aliphatic carbocycles. The van der Waals surface area contributed by atoms with Gasteiger partial charge in [-0.3, -0.25) is 14.3 Å². The maximum absolute atomic E-state index is 12.0. The number of carbonyl (C=O) groups is 2. The highest BCUT2D eigenvalue weighted by molar-refractivity contribution is 6.39. The van der Waals surface area contributed by atoms with Crippen LogP contribution in [0.25, 0.3) is 0 Å². The SMILES string of the molecule is CN(C)CCn1cc(NC(=O)C(=O)NC[C@@H](C2CC2)N(C)C)cn1. The summed E-state index contributed by atoms with van der Waals surface area (Å²) >= 11 is 0. The molecule has 2 rings (SSSR count). The third kappa shape index (κ3) is 5.61. The molecule has 0 spiro atoms. The van der Waals surface area contributed by atoms with Crippen LogP contribution in [0.15, 0.2) is 12.4 Å². The largest absolute Gasteiger partial charge is 0.346 e. The fourth-order valence-corrected chi connectivity index (χ4v) is 2.57. The molecule has 1 atom stereocenters. The van der Waals surface area contributed by atoms with Crippen molar-refractivity contribution < 1.29 is 9.59 Å². The number of anilines is 1. The summed E-state index contributed by atoms with van der Waals surface area (Å²) in [6.07, 6.45) is 5.66. The lowest BCUT2D eigenvalue weighted by Crippen LogP contribution is -2.44. The summed E-state index contributed by atoms with van der Waals surface area (Å²) in [5.41, 5.74) is 0.528. The van der Waals surface area contributed by atoms with E-state index in [1.165, 1.54) is 12.8 Å². The Kier molecular flexibility index (Phi) is 6.33. The topological polar surface area (TPSA) is 82.5 Å². The van der Waals surface area contributed by atoms with Gasteiger partial charge in [0.25, 0.3) is 0 Å². The number of hydrogen-bond acceptors (Lipinski definition) is 5. The van der Waals surface area contributed by atoms with Crippen molar-refractivity contribution in [3.05, 3.63) is 12.4 Å². The smallest absolute Gasteiger partial charge is 0.313 e. The van der Waals surface area contributed by atoms with E-state index >= 15 is 0 Å². The second kappa shape index (κ2) is 8.25. The minimum Gasteiger partial charge on any atom is -0.346 e. The molecule has 0 bridgehead atoms. The number of carbonyl (C=O) groups excluding carboxylic acids is 2. The van der Waals surface area contributed by atoms with Gasteiger partial charge in [-0.05, 0) is 47.0 Å². The Morgan fingerprint density at radius 3 is 2.58 bits per heavy atom. The number of hydrogen-bond donors (Lipinski definition) is 2. The molecule has 8 heteroatoms. The molecule has 8 nitrogen and oxygen atoms in total. The molecule has 2 amide bonds. The van der Waals surface area contributed by atoms with Gasteiger partial charge in [0.2, 0.25) is 0 Å². The lowest BCUT2D eigenvalue weighted by Gasteiger charge is -2.24. The Labute approximate surface area is 143 Å². The standard InChI is InChI=1S/C16H28N6O2/c1-20(2)7-8-22-11-13(9-18-22)19-16(24)15(23)17-10-14(21(3)4)12-5-6-12/h9,11-12,14H,5-8,10H2,1-4H3,(H,17,23)(H,19,24)/t14-/m0/s1. The van der Waals surface area contributed by atoms with Gasteiger partial charge in [0.1, 0.15) is 0 Å². The van der Waals surface area contributed by atoms with Crippen molar-refractivity contribution in [2.75, 3.05) is 46.6 Å². The number of nitrogens with one attached hydrogen (secondary N) is 2. The summed E-state index contributed by atoms with van der Waals surface area (Å²) in [5.74, 6) is -0.641. The average Bonchev–Trinajstić information content (AvgIpc) is 3.24. The Balaban J connectivity index is 1.77. The quantitative estimate of drug-likeness (QED) is 0.645. The Morgan fingerprint density at radius 2 is 2.00 bits per heavy atom. The normalized spacial score (nSPS) is 15.6. The van der Waals surface area contributed by atoms with Crippen LogP contribution < -0.4 is 10.6 Å². The van der Waals surface area contributed by atoms with Crippen LogP contribution in [0.1, 0.15) is 12.8 Å². The van der Waals surface area contributed by atoms with Crippen molar-refractivity contribution in [1.29, 1.82) is 0 Å². The van der Waals surface area contributed by atoms with Gasteiger partial charge >= 0.3 is 11.8 Å². The van der Waals surface area contributed by atoms with Crippen molar-refractivity contribution in [2.24, 2.45) is 5.92 Å². The highest BCUT2D eigenvalue weighted by atomic mass is 16.2. The van der Waals surface area contributed by atoms with Crippen molar-refractivity contribution in [3.63, 3.8) is 0 Å². The second-order valence-corrected chi connectivity index (χ2v) is 6.83. The van der Waals surface area contributed by atoms with Crippen LogP contribution in [0.4, 0.5) is 5.69 Å². The summed E-state index contributed by atoms with van der Waals surface area (Å²) in [5, 5.41) is 9.48. The summed E-state index contributed by atoms with van der Waals surface area (Å²) in [4.78, 5) is 28.1. The molecule has 1 aromatic rings. The molecular weight excluding hydrogens is 308 g/mol. The predicted octanol–water partition coefficient (Wildman–Crippen LogP) is -0.160. The molecule has 1 aliphatic rings. The number of amides is 2. The predicted molar refractivity (Wildman–Crippen MR) is 92.6 cm³/mol. The van der Waals surface area contributed by atoms with Gasteiger partial charge in [-0.2, -0.15) is 5.10 Å². The Morgan fingerprint density at radius 1 is 1.29 bits per heavy atom. The first-order chi connectivity index (χ1) is 11.4. The molecule has 1 fully saturated rings. The fraction of sp³-hybridized carbons (Fsp3) is 0.688. The molecule has 1 aromatic heterocycles. The van der Waals surface area contributed by atoms with Gasteiger partial charge in [0, 0.05) is 25.3 Å².